The zero-order valence-corrected chi connectivity index (χ0v) is 18.9. The number of halogens is 3. The molecule has 0 aromatic heterocycles. The second-order valence-corrected chi connectivity index (χ2v) is 10.1. The van der Waals surface area contributed by atoms with Crippen LogP contribution in [-0.2, 0) is 10.0 Å². The van der Waals surface area contributed by atoms with Gasteiger partial charge in [-0.1, -0.05) is 71.7 Å². The van der Waals surface area contributed by atoms with Gasteiger partial charge in [-0.15, -0.1) is 0 Å². The summed E-state index contributed by atoms with van der Waals surface area (Å²) in [7, 11) is -3.97. The quantitative estimate of drug-likeness (QED) is 0.504. The van der Waals surface area contributed by atoms with Crippen molar-refractivity contribution in [3.05, 3.63) is 99.8 Å². The molecule has 1 fully saturated rings. The molecule has 0 unspecified atom stereocenters. The van der Waals surface area contributed by atoms with Crippen molar-refractivity contribution in [1.82, 2.24) is 9.21 Å². The summed E-state index contributed by atoms with van der Waals surface area (Å²) in [5.41, 5.74) is 2.19. The summed E-state index contributed by atoms with van der Waals surface area (Å²) >= 11 is 11.9. The van der Waals surface area contributed by atoms with Gasteiger partial charge in [0, 0.05) is 31.2 Å². The predicted octanol–water partition coefficient (Wildman–Crippen LogP) is 5.23. The van der Waals surface area contributed by atoms with Crippen LogP contribution in [0, 0.1) is 5.82 Å². The number of benzene rings is 3. The lowest BCUT2D eigenvalue weighted by Gasteiger charge is -2.39. The number of hydrogen-bond acceptors (Lipinski definition) is 3. The van der Waals surface area contributed by atoms with Crippen LogP contribution in [0.2, 0.25) is 10.0 Å². The van der Waals surface area contributed by atoms with Gasteiger partial charge >= 0.3 is 0 Å². The summed E-state index contributed by atoms with van der Waals surface area (Å²) in [6, 6.07) is 21.8. The Kier molecular flexibility index (Phi) is 6.65. The number of rotatable bonds is 5. The summed E-state index contributed by atoms with van der Waals surface area (Å²) in [5, 5.41) is 0.460. The van der Waals surface area contributed by atoms with Gasteiger partial charge in [0.15, 0.2) is 5.82 Å². The SMILES string of the molecule is O=S(=O)(c1cccc(Cl)c1F)N1CCN([C@H](c2ccccc2)c2ccc(Cl)cc2)CC1. The number of hydrogen-bond donors (Lipinski definition) is 0. The Morgan fingerprint density at radius 2 is 1.39 bits per heavy atom. The van der Waals surface area contributed by atoms with E-state index in [-0.39, 0.29) is 29.0 Å². The molecule has 0 amide bonds. The maximum absolute atomic E-state index is 14.4. The fourth-order valence-corrected chi connectivity index (χ4v) is 5.78. The van der Waals surface area contributed by atoms with Gasteiger partial charge in [0.1, 0.15) is 4.90 Å². The Labute approximate surface area is 191 Å². The predicted molar refractivity (Wildman–Crippen MR) is 121 cm³/mol. The zero-order valence-electron chi connectivity index (χ0n) is 16.6. The molecular weight excluding hydrogens is 458 g/mol. The van der Waals surface area contributed by atoms with E-state index >= 15 is 0 Å². The van der Waals surface area contributed by atoms with Crippen molar-refractivity contribution in [2.24, 2.45) is 0 Å². The topological polar surface area (TPSA) is 40.6 Å². The van der Waals surface area contributed by atoms with Crippen LogP contribution in [0.5, 0.6) is 0 Å². The van der Waals surface area contributed by atoms with Gasteiger partial charge in [-0.2, -0.15) is 4.31 Å². The van der Waals surface area contributed by atoms with Crippen LogP contribution in [0.25, 0.3) is 0 Å². The standard InChI is InChI=1S/C23H21Cl2FN2O2S/c24-19-11-9-18(10-12-19)23(17-5-2-1-3-6-17)27-13-15-28(16-14-27)31(29,30)21-8-4-7-20(25)22(21)26/h1-12,23H,13-16H2/t23-/m1/s1. The van der Waals surface area contributed by atoms with Crippen molar-refractivity contribution in [3.8, 4) is 0 Å². The third kappa shape index (κ3) is 4.64. The highest BCUT2D eigenvalue weighted by Crippen LogP contribution is 2.32. The van der Waals surface area contributed by atoms with Crippen molar-refractivity contribution in [1.29, 1.82) is 0 Å². The van der Waals surface area contributed by atoms with E-state index in [1.54, 1.807) is 0 Å². The van der Waals surface area contributed by atoms with E-state index in [0.717, 1.165) is 11.1 Å². The monoisotopic (exact) mass is 478 g/mol. The van der Waals surface area contributed by atoms with E-state index < -0.39 is 15.8 Å². The highest BCUT2D eigenvalue weighted by atomic mass is 35.5. The Hall–Kier alpha value is -1.96. The molecule has 162 valence electrons. The van der Waals surface area contributed by atoms with Gasteiger partial charge in [-0.3, -0.25) is 4.90 Å². The summed E-state index contributed by atoms with van der Waals surface area (Å²) in [4.78, 5) is 1.85. The molecule has 1 aliphatic rings. The maximum atomic E-state index is 14.4. The Morgan fingerprint density at radius 3 is 2.03 bits per heavy atom. The van der Waals surface area contributed by atoms with E-state index in [4.69, 9.17) is 23.2 Å². The lowest BCUT2D eigenvalue weighted by molar-refractivity contribution is 0.155. The number of sulfonamides is 1. The molecule has 8 heteroatoms. The average molecular weight is 479 g/mol. The molecule has 0 bridgehead atoms. The third-order valence-corrected chi connectivity index (χ3v) is 7.93. The lowest BCUT2D eigenvalue weighted by Crippen LogP contribution is -2.49. The molecule has 4 nitrogen and oxygen atoms in total. The first-order chi connectivity index (χ1) is 14.9. The average Bonchev–Trinajstić information content (AvgIpc) is 2.78. The van der Waals surface area contributed by atoms with Gasteiger partial charge in [0.05, 0.1) is 11.1 Å². The van der Waals surface area contributed by atoms with Gasteiger partial charge in [0.25, 0.3) is 0 Å². The second-order valence-electron chi connectivity index (χ2n) is 7.36. The zero-order chi connectivity index (χ0) is 22.0. The Balaban J connectivity index is 1.58. The molecule has 0 spiro atoms. The summed E-state index contributed by atoms with van der Waals surface area (Å²) < 4.78 is 41.7. The number of piperazine rings is 1. The molecule has 0 radical (unpaired) electrons. The summed E-state index contributed by atoms with van der Waals surface area (Å²) in [5.74, 6) is -0.907. The molecule has 1 atom stereocenters. The molecule has 0 N–H and O–H groups in total. The normalized spacial score (nSPS) is 16.9. The summed E-state index contributed by atoms with van der Waals surface area (Å²) in [6.45, 7) is 1.52. The Morgan fingerprint density at radius 1 is 0.774 bits per heavy atom. The van der Waals surface area contributed by atoms with E-state index in [1.807, 2.05) is 42.5 Å². The van der Waals surface area contributed by atoms with Crippen LogP contribution in [0.3, 0.4) is 0 Å². The minimum atomic E-state index is -3.97. The van der Waals surface area contributed by atoms with E-state index in [0.29, 0.717) is 18.1 Å². The molecule has 4 rings (SSSR count). The van der Waals surface area contributed by atoms with Crippen molar-refractivity contribution < 1.29 is 12.8 Å². The molecule has 1 saturated heterocycles. The highest BCUT2D eigenvalue weighted by molar-refractivity contribution is 7.89. The molecule has 3 aromatic rings. The van der Waals surface area contributed by atoms with Crippen molar-refractivity contribution >= 4 is 33.2 Å². The van der Waals surface area contributed by atoms with Crippen LogP contribution in [0.15, 0.2) is 77.7 Å². The molecule has 3 aromatic carbocycles. The first-order valence-corrected chi connectivity index (χ1v) is 12.1. The van der Waals surface area contributed by atoms with Gasteiger partial charge < -0.3 is 0 Å². The van der Waals surface area contributed by atoms with Crippen LogP contribution >= 0.6 is 23.2 Å². The fraction of sp³-hybridized carbons (Fsp3) is 0.217. The van der Waals surface area contributed by atoms with Crippen LogP contribution in [-0.4, -0.2) is 43.8 Å². The smallest absolute Gasteiger partial charge is 0.246 e. The van der Waals surface area contributed by atoms with E-state index in [1.165, 1.54) is 22.5 Å². The fourth-order valence-electron chi connectivity index (χ4n) is 3.92. The molecule has 31 heavy (non-hydrogen) atoms. The third-order valence-electron chi connectivity index (χ3n) is 5.47. The number of nitrogens with zero attached hydrogens (tertiary/aromatic N) is 2. The molecule has 0 aliphatic carbocycles. The van der Waals surface area contributed by atoms with Gasteiger partial charge in [-0.25, -0.2) is 12.8 Å². The largest absolute Gasteiger partial charge is 0.290 e. The summed E-state index contributed by atoms with van der Waals surface area (Å²) in [6.07, 6.45) is 0. The maximum Gasteiger partial charge on any atom is 0.246 e. The van der Waals surface area contributed by atoms with Gasteiger partial charge in [0.2, 0.25) is 10.0 Å². The van der Waals surface area contributed by atoms with Crippen LogP contribution in [0.1, 0.15) is 17.2 Å². The molecular formula is C23H21Cl2FN2O2S. The minimum Gasteiger partial charge on any atom is -0.290 e. The molecule has 1 aliphatic heterocycles. The van der Waals surface area contributed by atoms with Crippen molar-refractivity contribution in [3.63, 3.8) is 0 Å². The van der Waals surface area contributed by atoms with Crippen molar-refractivity contribution in [2.45, 2.75) is 10.9 Å². The van der Waals surface area contributed by atoms with Gasteiger partial charge in [-0.05, 0) is 35.4 Å². The first kappa shape index (κ1) is 22.2. The van der Waals surface area contributed by atoms with Crippen LogP contribution < -0.4 is 0 Å². The lowest BCUT2D eigenvalue weighted by atomic mass is 9.96. The Bertz CT molecular complexity index is 1150. The van der Waals surface area contributed by atoms with Crippen molar-refractivity contribution in [2.75, 3.05) is 26.2 Å². The van der Waals surface area contributed by atoms with Crippen LogP contribution in [0.4, 0.5) is 4.39 Å². The first-order valence-electron chi connectivity index (χ1n) is 9.86. The molecule has 1 heterocycles. The van der Waals surface area contributed by atoms with E-state index in [9.17, 15) is 12.8 Å². The second kappa shape index (κ2) is 9.27. The van der Waals surface area contributed by atoms with E-state index in [2.05, 4.69) is 17.0 Å². The highest BCUT2D eigenvalue weighted by Gasteiger charge is 2.34. The molecule has 0 saturated carbocycles. The minimum absolute atomic E-state index is 0.0359.